The number of nitrogens with one attached hydrogen (secondary N) is 2. The number of aromatic amines is 1. The van der Waals surface area contributed by atoms with Crippen molar-refractivity contribution in [3.8, 4) is 11.4 Å². The summed E-state index contributed by atoms with van der Waals surface area (Å²) >= 11 is 0. The summed E-state index contributed by atoms with van der Waals surface area (Å²) in [4.78, 5) is 13.3. The third-order valence-corrected chi connectivity index (χ3v) is 2.18. The number of carbonyl (C=O) groups is 1. The number of carboxylic acids is 1. The molecule has 17 heavy (non-hydrogen) atoms. The molecule has 2 aromatic heterocycles. The van der Waals surface area contributed by atoms with E-state index >= 15 is 0 Å². The number of rotatable bonds is 5. The van der Waals surface area contributed by atoms with Crippen LogP contribution in [0.1, 0.15) is 6.42 Å². The van der Waals surface area contributed by atoms with Gasteiger partial charge in [-0.1, -0.05) is 0 Å². The van der Waals surface area contributed by atoms with Gasteiger partial charge in [0.25, 0.3) is 0 Å². The third kappa shape index (κ3) is 3.04. The highest BCUT2D eigenvalue weighted by Gasteiger charge is 2.01. The van der Waals surface area contributed by atoms with Crippen LogP contribution in [0.2, 0.25) is 0 Å². The van der Waals surface area contributed by atoms with Crippen LogP contribution in [0.25, 0.3) is 11.4 Å². The number of anilines is 1. The van der Waals surface area contributed by atoms with Gasteiger partial charge in [0.1, 0.15) is 11.5 Å². The van der Waals surface area contributed by atoms with Gasteiger partial charge in [-0.2, -0.15) is 0 Å². The van der Waals surface area contributed by atoms with Gasteiger partial charge in [-0.15, -0.1) is 10.2 Å². The van der Waals surface area contributed by atoms with Crippen molar-refractivity contribution < 1.29 is 9.90 Å². The normalized spacial score (nSPS) is 10.1. The van der Waals surface area contributed by atoms with Crippen LogP contribution in [0.4, 0.5) is 5.82 Å². The van der Waals surface area contributed by atoms with Crippen molar-refractivity contribution in [2.75, 3.05) is 11.9 Å². The average molecular weight is 232 g/mol. The highest BCUT2D eigenvalue weighted by molar-refractivity contribution is 5.67. The lowest BCUT2D eigenvalue weighted by atomic mass is 10.3. The van der Waals surface area contributed by atoms with Crippen LogP contribution in [-0.2, 0) is 4.79 Å². The minimum atomic E-state index is -0.839. The first kappa shape index (κ1) is 11.1. The summed E-state index contributed by atoms with van der Waals surface area (Å²) in [5.74, 6) is -0.268. The minimum absolute atomic E-state index is 0.0556. The molecule has 0 atom stereocenters. The standard InChI is InChI=1S/C11H12N4O2/c16-11(17)5-7-13-10-4-3-9(14-15-10)8-2-1-6-12-8/h1-4,6,12H,5,7H2,(H,13,15)(H,16,17). The van der Waals surface area contributed by atoms with E-state index in [4.69, 9.17) is 5.11 Å². The van der Waals surface area contributed by atoms with Crippen LogP contribution in [0, 0.1) is 0 Å². The molecule has 0 aromatic carbocycles. The highest BCUT2D eigenvalue weighted by Crippen LogP contribution is 2.13. The van der Waals surface area contributed by atoms with Gasteiger partial charge in [-0.3, -0.25) is 4.79 Å². The van der Waals surface area contributed by atoms with Crippen molar-refractivity contribution >= 4 is 11.8 Å². The molecule has 0 fully saturated rings. The number of aliphatic carboxylic acids is 1. The van der Waals surface area contributed by atoms with Crippen molar-refractivity contribution in [1.82, 2.24) is 15.2 Å². The summed E-state index contributed by atoms with van der Waals surface area (Å²) in [6.07, 6.45) is 1.87. The van der Waals surface area contributed by atoms with Crippen LogP contribution < -0.4 is 5.32 Å². The molecule has 2 rings (SSSR count). The number of hydrogen-bond acceptors (Lipinski definition) is 4. The summed E-state index contributed by atoms with van der Waals surface area (Å²) in [5.41, 5.74) is 1.65. The van der Waals surface area contributed by atoms with Crippen LogP contribution in [-0.4, -0.2) is 32.8 Å². The average Bonchev–Trinajstić information content (AvgIpc) is 2.83. The largest absolute Gasteiger partial charge is 0.481 e. The van der Waals surface area contributed by atoms with Gasteiger partial charge in [-0.05, 0) is 24.3 Å². The number of aromatic nitrogens is 3. The maximum absolute atomic E-state index is 10.3. The molecular formula is C11H12N4O2. The summed E-state index contributed by atoms with van der Waals surface area (Å²) in [6.45, 7) is 0.339. The molecule has 0 spiro atoms. The fraction of sp³-hybridized carbons (Fsp3) is 0.182. The van der Waals surface area contributed by atoms with Crippen LogP contribution >= 0.6 is 0 Å². The molecule has 0 saturated carbocycles. The second-order valence-electron chi connectivity index (χ2n) is 3.46. The number of nitrogens with zero attached hydrogens (tertiary/aromatic N) is 2. The van der Waals surface area contributed by atoms with E-state index in [0.29, 0.717) is 12.4 Å². The predicted molar refractivity (Wildman–Crippen MR) is 62.6 cm³/mol. The number of H-pyrrole nitrogens is 1. The molecule has 6 nitrogen and oxygen atoms in total. The Labute approximate surface area is 97.7 Å². The molecule has 0 bridgehead atoms. The van der Waals surface area contributed by atoms with E-state index in [1.54, 1.807) is 6.07 Å². The monoisotopic (exact) mass is 232 g/mol. The zero-order valence-electron chi connectivity index (χ0n) is 9.05. The zero-order chi connectivity index (χ0) is 12.1. The molecule has 0 aliphatic rings. The molecule has 6 heteroatoms. The maximum Gasteiger partial charge on any atom is 0.305 e. The molecule has 0 saturated heterocycles. The number of hydrogen-bond donors (Lipinski definition) is 3. The fourth-order valence-corrected chi connectivity index (χ4v) is 1.36. The Morgan fingerprint density at radius 3 is 2.82 bits per heavy atom. The van der Waals surface area contributed by atoms with E-state index in [2.05, 4.69) is 20.5 Å². The second kappa shape index (κ2) is 5.11. The van der Waals surface area contributed by atoms with E-state index in [1.165, 1.54) is 0 Å². The molecule has 2 aromatic rings. The topological polar surface area (TPSA) is 90.9 Å². The fourth-order valence-electron chi connectivity index (χ4n) is 1.36. The Hall–Kier alpha value is -2.37. The Balaban J connectivity index is 1.96. The van der Waals surface area contributed by atoms with E-state index in [9.17, 15) is 4.79 Å². The molecule has 88 valence electrons. The lowest BCUT2D eigenvalue weighted by Crippen LogP contribution is -2.09. The lowest BCUT2D eigenvalue weighted by Gasteiger charge is -2.03. The van der Waals surface area contributed by atoms with E-state index < -0.39 is 5.97 Å². The zero-order valence-corrected chi connectivity index (χ0v) is 9.05. The summed E-state index contributed by atoms with van der Waals surface area (Å²) in [7, 11) is 0. The Morgan fingerprint density at radius 2 is 2.24 bits per heavy atom. The molecule has 0 unspecified atom stereocenters. The van der Waals surface area contributed by atoms with Gasteiger partial charge in [0.2, 0.25) is 0 Å². The Kier molecular flexibility index (Phi) is 3.34. The molecule has 0 radical (unpaired) electrons. The van der Waals surface area contributed by atoms with Crippen molar-refractivity contribution in [2.45, 2.75) is 6.42 Å². The van der Waals surface area contributed by atoms with Gasteiger partial charge in [-0.25, -0.2) is 0 Å². The van der Waals surface area contributed by atoms with Crippen molar-refractivity contribution in [2.24, 2.45) is 0 Å². The van der Waals surface area contributed by atoms with E-state index in [1.807, 2.05) is 24.4 Å². The molecule has 2 heterocycles. The van der Waals surface area contributed by atoms with Crippen LogP contribution in [0.3, 0.4) is 0 Å². The third-order valence-electron chi connectivity index (χ3n) is 2.18. The quantitative estimate of drug-likeness (QED) is 0.724. The molecule has 0 amide bonds. The van der Waals surface area contributed by atoms with Gasteiger partial charge in [0, 0.05) is 12.7 Å². The first-order valence-corrected chi connectivity index (χ1v) is 5.19. The van der Waals surface area contributed by atoms with E-state index in [0.717, 1.165) is 11.4 Å². The van der Waals surface area contributed by atoms with Crippen molar-refractivity contribution in [1.29, 1.82) is 0 Å². The van der Waals surface area contributed by atoms with Crippen LogP contribution in [0.15, 0.2) is 30.5 Å². The van der Waals surface area contributed by atoms with Gasteiger partial charge >= 0.3 is 5.97 Å². The number of carboxylic acid groups (broad SMARTS) is 1. The summed E-state index contributed by atoms with van der Waals surface area (Å²) in [6, 6.07) is 7.38. The molecule has 0 aliphatic heterocycles. The van der Waals surface area contributed by atoms with Gasteiger partial charge in [0.05, 0.1) is 12.1 Å². The summed E-state index contributed by atoms with van der Waals surface area (Å²) in [5, 5.41) is 19.3. The van der Waals surface area contributed by atoms with Gasteiger partial charge < -0.3 is 15.4 Å². The first-order chi connectivity index (χ1) is 8.25. The molecule has 3 N–H and O–H groups in total. The Bertz CT molecular complexity index is 479. The maximum atomic E-state index is 10.3. The minimum Gasteiger partial charge on any atom is -0.481 e. The summed E-state index contributed by atoms with van der Waals surface area (Å²) < 4.78 is 0. The van der Waals surface area contributed by atoms with Crippen LogP contribution in [0.5, 0.6) is 0 Å². The van der Waals surface area contributed by atoms with Crippen molar-refractivity contribution in [3.63, 3.8) is 0 Å². The Morgan fingerprint density at radius 1 is 1.35 bits per heavy atom. The van der Waals surface area contributed by atoms with E-state index in [-0.39, 0.29) is 6.42 Å². The first-order valence-electron chi connectivity index (χ1n) is 5.19. The van der Waals surface area contributed by atoms with Gasteiger partial charge in [0.15, 0.2) is 0 Å². The molecular weight excluding hydrogens is 220 g/mol. The predicted octanol–water partition coefficient (Wildman–Crippen LogP) is 1.36. The highest BCUT2D eigenvalue weighted by atomic mass is 16.4. The lowest BCUT2D eigenvalue weighted by molar-refractivity contribution is -0.136. The van der Waals surface area contributed by atoms with Crippen molar-refractivity contribution in [3.05, 3.63) is 30.5 Å². The second-order valence-corrected chi connectivity index (χ2v) is 3.46. The SMILES string of the molecule is O=C(O)CCNc1ccc(-c2ccc[nH]2)nn1. The molecule has 0 aliphatic carbocycles. The smallest absolute Gasteiger partial charge is 0.305 e.